The molecule has 4 rings (SSSR count). The van der Waals surface area contributed by atoms with Gasteiger partial charge < -0.3 is 10.2 Å². The van der Waals surface area contributed by atoms with Crippen LogP contribution in [0.15, 0.2) is 77.7 Å². The fourth-order valence-corrected chi connectivity index (χ4v) is 6.75. The average Bonchev–Trinajstić information content (AvgIpc) is 3.45. The van der Waals surface area contributed by atoms with Crippen LogP contribution < -0.4 is 9.62 Å². The number of benzene rings is 3. The fraction of sp³-hybridized carbons (Fsp3) is 0.375. The standard InChI is InChI=1S/C32H38ClN3O4S/c1-4-30(32(38)34-27-9-5-6-10-27)35(21-25-14-16-26(33)17-15-25)31(37)22-36(28-11-7-8-24(3)20-28)41(39,40)29-18-12-23(2)13-19-29/h7-8,11-20,27,30H,4-6,9-10,21-22H2,1-3H3,(H,34,38)/t30-/m1/s1. The summed E-state index contributed by atoms with van der Waals surface area (Å²) < 4.78 is 29.1. The molecular weight excluding hydrogens is 558 g/mol. The van der Waals surface area contributed by atoms with Crippen molar-refractivity contribution in [1.29, 1.82) is 0 Å². The number of rotatable bonds is 11. The minimum absolute atomic E-state index is 0.0904. The zero-order valence-electron chi connectivity index (χ0n) is 23.8. The van der Waals surface area contributed by atoms with Crippen molar-refractivity contribution in [3.05, 3.63) is 94.5 Å². The van der Waals surface area contributed by atoms with Gasteiger partial charge in [0, 0.05) is 17.6 Å². The molecule has 0 saturated heterocycles. The second-order valence-electron chi connectivity index (χ2n) is 10.7. The van der Waals surface area contributed by atoms with Gasteiger partial charge in [0.15, 0.2) is 0 Å². The van der Waals surface area contributed by atoms with Crippen molar-refractivity contribution in [2.75, 3.05) is 10.8 Å². The summed E-state index contributed by atoms with van der Waals surface area (Å²) in [6, 6.07) is 20.0. The topological polar surface area (TPSA) is 86.8 Å². The first-order chi connectivity index (χ1) is 19.6. The van der Waals surface area contributed by atoms with Gasteiger partial charge in [-0.25, -0.2) is 8.42 Å². The van der Waals surface area contributed by atoms with Crippen molar-refractivity contribution in [2.24, 2.45) is 0 Å². The number of nitrogens with one attached hydrogen (secondary N) is 1. The highest BCUT2D eigenvalue weighted by molar-refractivity contribution is 7.92. The highest BCUT2D eigenvalue weighted by Crippen LogP contribution is 2.26. The SMILES string of the molecule is CC[C@H](C(=O)NC1CCCC1)N(Cc1ccc(Cl)cc1)C(=O)CN(c1cccc(C)c1)S(=O)(=O)c1ccc(C)cc1. The number of aryl methyl sites for hydroxylation is 2. The first-order valence-corrected chi connectivity index (χ1v) is 15.9. The predicted octanol–water partition coefficient (Wildman–Crippen LogP) is 6.02. The highest BCUT2D eigenvalue weighted by atomic mass is 35.5. The number of carbonyl (C=O) groups excluding carboxylic acids is 2. The maximum absolute atomic E-state index is 14.2. The van der Waals surface area contributed by atoms with E-state index in [9.17, 15) is 18.0 Å². The Balaban J connectivity index is 1.71. The second-order valence-corrected chi connectivity index (χ2v) is 13.0. The molecule has 3 aromatic rings. The van der Waals surface area contributed by atoms with Crippen LogP contribution in [0.2, 0.25) is 5.02 Å². The molecule has 218 valence electrons. The quantitative estimate of drug-likeness (QED) is 0.294. The molecule has 1 N–H and O–H groups in total. The fourth-order valence-electron chi connectivity index (χ4n) is 5.22. The van der Waals surface area contributed by atoms with Gasteiger partial charge in [0.2, 0.25) is 11.8 Å². The van der Waals surface area contributed by atoms with Crippen molar-refractivity contribution in [1.82, 2.24) is 10.2 Å². The van der Waals surface area contributed by atoms with Crippen LogP contribution in [-0.4, -0.2) is 43.8 Å². The number of sulfonamides is 1. The van der Waals surface area contributed by atoms with Crippen molar-refractivity contribution in [3.8, 4) is 0 Å². The summed E-state index contributed by atoms with van der Waals surface area (Å²) >= 11 is 6.10. The van der Waals surface area contributed by atoms with E-state index in [4.69, 9.17) is 11.6 Å². The normalized spacial score (nSPS) is 14.4. The van der Waals surface area contributed by atoms with E-state index in [2.05, 4.69) is 5.32 Å². The van der Waals surface area contributed by atoms with Gasteiger partial charge in [-0.1, -0.05) is 73.3 Å². The summed E-state index contributed by atoms with van der Waals surface area (Å²) in [7, 11) is -4.10. The van der Waals surface area contributed by atoms with E-state index in [0.29, 0.717) is 17.1 Å². The van der Waals surface area contributed by atoms with Gasteiger partial charge >= 0.3 is 0 Å². The van der Waals surface area contributed by atoms with Crippen LogP contribution in [0.4, 0.5) is 5.69 Å². The molecule has 0 spiro atoms. The third-order valence-corrected chi connectivity index (χ3v) is 9.57. The van der Waals surface area contributed by atoms with Gasteiger partial charge in [0.1, 0.15) is 12.6 Å². The number of carbonyl (C=O) groups is 2. The molecule has 1 saturated carbocycles. The van der Waals surface area contributed by atoms with E-state index < -0.39 is 28.5 Å². The summed E-state index contributed by atoms with van der Waals surface area (Å²) in [4.78, 5) is 29.3. The molecule has 0 heterocycles. The molecule has 0 aromatic heterocycles. The van der Waals surface area contributed by atoms with Crippen LogP contribution in [0.3, 0.4) is 0 Å². The molecular formula is C32H38ClN3O4S. The Kier molecular flexibility index (Phi) is 10.1. The van der Waals surface area contributed by atoms with Crippen LogP contribution in [0, 0.1) is 13.8 Å². The molecule has 2 amide bonds. The maximum Gasteiger partial charge on any atom is 0.264 e. The molecule has 0 unspecified atom stereocenters. The zero-order valence-corrected chi connectivity index (χ0v) is 25.4. The van der Waals surface area contributed by atoms with Crippen molar-refractivity contribution in [3.63, 3.8) is 0 Å². The van der Waals surface area contributed by atoms with Gasteiger partial charge in [-0.15, -0.1) is 0 Å². The molecule has 1 atom stereocenters. The number of hydrogen-bond acceptors (Lipinski definition) is 4. The Hall–Kier alpha value is -3.36. The minimum atomic E-state index is -4.10. The summed E-state index contributed by atoms with van der Waals surface area (Å²) in [5.41, 5.74) is 2.96. The maximum atomic E-state index is 14.2. The smallest absolute Gasteiger partial charge is 0.264 e. The molecule has 0 radical (unpaired) electrons. The summed E-state index contributed by atoms with van der Waals surface area (Å²) in [6.07, 6.45) is 4.36. The predicted molar refractivity (Wildman–Crippen MR) is 163 cm³/mol. The average molecular weight is 596 g/mol. The van der Waals surface area contributed by atoms with Crippen LogP contribution >= 0.6 is 11.6 Å². The zero-order chi connectivity index (χ0) is 29.6. The Morgan fingerprint density at radius 2 is 1.61 bits per heavy atom. The minimum Gasteiger partial charge on any atom is -0.352 e. The van der Waals surface area contributed by atoms with Gasteiger partial charge in [-0.2, -0.15) is 0 Å². The molecule has 7 nitrogen and oxygen atoms in total. The van der Waals surface area contributed by atoms with E-state index in [-0.39, 0.29) is 23.4 Å². The molecule has 3 aromatic carbocycles. The third kappa shape index (κ3) is 7.68. The molecule has 0 bridgehead atoms. The molecule has 1 aliphatic rings. The molecule has 1 fully saturated rings. The molecule has 41 heavy (non-hydrogen) atoms. The summed E-state index contributed by atoms with van der Waals surface area (Å²) in [5.74, 6) is -0.684. The third-order valence-electron chi connectivity index (χ3n) is 7.53. The molecule has 0 aliphatic heterocycles. The van der Waals surface area contributed by atoms with Crippen LogP contribution in [0.1, 0.15) is 55.7 Å². The van der Waals surface area contributed by atoms with E-state index in [1.54, 1.807) is 54.6 Å². The van der Waals surface area contributed by atoms with Crippen LogP contribution in [-0.2, 0) is 26.2 Å². The first kappa shape index (κ1) is 30.6. The summed E-state index contributed by atoms with van der Waals surface area (Å²) in [5, 5.41) is 3.69. The lowest BCUT2D eigenvalue weighted by Gasteiger charge is -2.34. The van der Waals surface area contributed by atoms with Crippen molar-refractivity contribution in [2.45, 2.75) is 76.4 Å². The van der Waals surface area contributed by atoms with E-state index >= 15 is 0 Å². The van der Waals surface area contributed by atoms with Crippen molar-refractivity contribution < 1.29 is 18.0 Å². The highest BCUT2D eigenvalue weighted by Gasteiger charge is 2.34. The van der Waals surface area contributed by atoms with Gasteiger partial charge in [0.25, 0.3) is 10.0 Å². The van der Waals surface area contributed by atoms with E-state index in [1.807, 2.05) is 39.0 Å². The number of hydrogen-bond donors (Lipinski definition) is 1. The number of halogens is 1. The first-order valence-electron chi connectivity index (χ1n) is 14.1. The lowest BCUT2D eigenvalue weighted by molar-refractivity contribution is -0.140. The van der Waals surface area contributed by atoms with E-state index in [1.165, 1.54) is 4.90 Å². The lowest BCUT2D eigenvalue weighted by Crippen LogP contribution is -2.53. The van der Waals surface area contributed by atoms with Gasteiger partial charge in [-0.3, -0.25) is 13.9 Å². The summed E-state index contributed by atoms with van der Waals surface area (Å²) in [6.45, 7) is 5.30. The van der Waals surface area contributed by atoms with Gasteiger partial charge in [-0.05, 0) is 80.6 Å². The van der Waals surface area contributed by atoms with Crippen LogP contribution in [0.5, 0.6) is 0 Å². The monoisotopic (exact) mass is 595 g/mol. The number of nitrogens with zero attached hydrogens (tertiary/aromatic N) is 2. The lowest BCUT2D eigenvalue weighted by atomic mass is 10.1. The van der Waals surface area contributed by atoms with E-state index in [0.717, 1.165) is 46.7 Å². The number of amides is 2. The second kappa shape index (κ2) is 13.5. The van der Waals surface area contributed by atoms with Gasteiger partial charge in [0.05, 0.1) is 10.6 Å². The molecule has 9 heteroatoms. The van der Waals surface area contributed by atoms with Crippen LogP contribution in [0.25, 0.3) is 0 Å². The Morgan fingerprint density at radius 1 is 0.951 bits per heavy atom. The van der Waals surface area contributed by atoms with Crippen molar-refractivity contribution >= 4 is 39.1 Å². The largest absolute Gasteiger partial charge is 0.352 e. The number of anilines is 1. The Bertz CT molecular complexity index is 1450. The Labute approximate surface area is 248 Å². The molecule has 1 aliphatic carbocycles. The Morgan fingerprint density at radius 3 is 2.22 bits per heavy atom.